The zero-order valence-electron chi connectivity index (χ0n) is 20.4. The van der Waals surface area contributed by atoms with Crippen LogP contribution in [0.1, 0.15) is 34.1 Å². The lowest BCUT2D eigenvalue weighted by molar-refractivity contribution is -0.118. The molecule has 1 aromatic heterocycles. The summed E-state index contributed by atoms with van der Waals surface area (Å²) >= 11 is 6.03. The lowest BCUT2D eigenvalue weighted by Crippen LogP contribution is -2.55. The molecule has 0 aliphatic carbocycles. The number of carbonyl (C=O) groups is 3. The molecular weight excluding hydrogens is 490 g/mol. The number of nitrogen functional groups attached to an aromatic ring is 1. The molecule has 2 heterocycles. The number of nitrogens with one attached hydrogen (secondary N) is 2. The van der Waals surface area contributed by atoms with E-state index in [1.165, 1.54) is 13.2 Å². The van der Waals surface area contributed by atoms with Gasteiger partial charge in [-0.15, -0.1) is 0 Å². The molecule has 11 nitrogen and oxygen atoms in total. The van der Waals surface area contributed by atoms with E-state index in [0.29, 0.717) is 37.4 Å². The summed E-state index contributed by atoms with van der Waals surface area (Å²) in [7, 11) is 2.95. The van der Waals surface area contributed by atoms with Gasteiger partial charge in [0.25, 0.3) is 5.91 Å². The third kappa shape index (κ3) is 6.84. The van der Waals surface area contributed by atoms with Crippen molar-refractivity contribution in [3.8, 4) is 5.88 Å². The maximum Gasteiger partial charge on any atom is 0.338 e. The predicted molar refractivity (Wildman–Crippen MR) is 134 cm³/mol. The van der Waals surface area contributed by atoms with Gasteiger partial charge in [-0.3, -0.25) is 14.5 Å². The second kappa shape index (κ2) is 12.5. The first-order valence-electron chi connectivity index (χ1n) is 11.4. The number of amides is 2. The molecule has 0 spiro atoms. The summed E-state index contributed by atoms with van der Waals surface area (Å²) in [4.78, 5) is 43.2. The molecule has 194 valence electrons. The molecule has 0 unspecified atom stereocenters. The molecule has 12 heteroatoms. The Morgan fingerprint density at radius 2 is 1.94 bits per heavy atom. The fourth-order valence-corrected chi connectivity index (χ4v) is 4.04. The summed E-state index contributed by atoms with van der Waals surface area (Å²) in [6.07, 6.45) is 0.215. The molecule has 2 amide bonds. The molecule has 2 atom stereocenters. The Bertz CT molecular complexity index is 1100. The van der Waals surface area contributed by atoms with Crippen LogP contribution in [0.5, 0.6) is 5.88 Å². The number of esters is 1. The average molecular weight is 520 g/mol. The van der Waals surface area contributed by atoms with Crippen LogP contribution < -0.4 is 21.1 Å². The number of nitrogens with two attached hydrogens (primary N) is 1. The highest BCUT2D eigenvalue weighted by molar-refractivity contribution is 6.33. The Hall–Kier alpha value is -3.41. The van der Waals surface area contributed by atoms with E-state index in [2.05, 4.69) is 15.6 Å². The third-order valence-electron chi connectivity index (χ3n) is 5.72. The number of nitrogens with zero attached hydrogens (tertiary/aromatic N) is 2. The zero-order valence-corrected chi connectivity index (χ0v) is 21.1. The molecule has 0 radical (unpaired) electrons. The van der Waals surface area contributed by atoms with Gasteiger partial charge in [0, 0.05) is 25.9 Å². The first-order valence-corrected chi connectivity index (χ1v) is 11.8. The normalized spacial score (nSPS) is 17.8. The lowest BCUT2D eigenvalue weighted by Gasteiger charge is -2.37. The highest BCUT2D eigenvalue weighted by Crippen LogP contribution is 2.25. The minimum Gasteiger partial charge on any atom is -0.480 e. The number of ether oxygens (including phenoxy) is 3. The Kier molecular flexibility index (Phi) is 9.45. The van der Waals surface area contributed by atoms with E-state index >= 15 is 0 Å². The summed E-state index contributed by atoms with van der Waals surface area (Å²) in [5, 5.41) is 5.92. The zero-order chi connectivity index (χ0) is 26.2. The van der Waals surface area contributed by atoms with Crippen LogP contribution in [0.25, 0.3) is 0 Å². The van der Waals surface area contributed by atoms with E-state index in [1.54, 1.807) is 38.3 Å². The number of hydrogen-bond acceptors (Lipinski definition) is 9. The van der Waals surface area contributed by atoms with Gasteiger partial charge in [-0.1, -0.05) is 11.6 Å². The minimum atomic E-state index is -0.412. The van der Waals surface area contributed by atoms with Gasteiger partial charge in [-0.05, 0) is 43.7 Å². The number of aromatic nitrogens is 1. The molecule has 1 fully saturated rings. The molecule has 2 aromatic rings. The van der Waals surface area contributed by atoms with Crippen LogP contribution in [-0.4, -0.2) is 80.3 Å². The fraction of sp³-hybridized carbons (Fsp3) is 0.417. The number of hydrogen-bond donors (Lipinski definition) is 3. The van der Waals surface area contributed by atoms with E-state index < -0.39 is 11.9 Å². The molecule has 1 aliphatic rings. The maximum atomic E-state index is 12.9. The fourth-order valence-electron chi connectivity index (χ4n) is 3.89. The van der Waals surface area contributed by atoms with Gasteiger partial charge in [-0.2, -0.15) is 4.98 Å². The largest absolute Gasteiger partial charge is 0.480 e. The van der Waals surface area contributed by atoms with E-state index in [-0.39, 0.29) is 46.9 Å². The molecule has 0 bridgehead atoms. The smallest absolute Gasteiger partial charge is 0.338 e. The third-order valence-corrected chi connectivity index (χ3v) is 6.02. The highest BCUT2D eigenvalue weighted by atomic mass is 35.5. The number of piperidine rings is 1. The first-order chi connectivity index (χ1) is 17.2. The van der Waals surface area contributed by atoms with Crippen LogP contribution in [-0.2, 0) is 14.3 Å². The SMILES string of the molecule is CCOC(=O)c1ccc(NC(=O)CN2CC[C@H](NC(=O)c3cc(Cl)c(N)nc3OC)[C@H](OC)C2)cc1. The predicted octanol–water partition coefficient (Wildman–Crippen LogP) is 1.96. The van der Waals surface area contributed by atoms with E-state index in [4.69, 9.17) is 31.5 Å². The first kappa shape index (κ1) is 27.2. The van der Waals surface area contributed by atoms with Gasteiger partial charge in [0.2, 0.25) is 11.8 Å². The Balaban J connectivity index is 1.55. The van der Waals surface area contributed by atoms with Crippen molar-refractivity contribution in [1.82, 2.24) is 15.2 Å². The average Bonchev–Trinajstić information content (AvgIpc) is 2.86. The summed E-state index contributed by atoms with van der Waals surface area (Å²) in [6, 6.07) is 7.62. The highest BCUT2D eigenvalue weighted by Gasteiger charge is 2.32. The van der Waals surface area contributed by atoms with Crippen LogP contribution in [0.4, 0.5) is 11.5 Å². The number of methoxy groups -OCH3 is 2. The molecule has 3 rings (SSSR count). The van der Waals surface area contributed by atoms with E-state index in [0.717, 1.165) is 0 Å². The Morgan fingerprint density at radius 1 is 1.22 bits per heavy atom. The van der Waals surface area contributed by atoms with Crippen molar-refractivity contribution in [3.63, 3.8) is 0 Å². The van der Waals surface area contributed by atoms with Crippen LogP contribution in [0, 0.1) is 0 Å². The summed E-state index contributed by atoms with van der Waals surface area (Å²) < 4.78 is 15.7. The number of pyridine rings is 1. The number of anilines is 2. The topological polar surface area (TPSA) is 145 Å². The van der Waals surface area contributed by atoms with E-state index in [9.17, 15) is 14.4 Å². The van der Waals surface area contributed by atoms with Gasteiger partial charge < -0.3 is 30.6 Å². The van der Waals surface area contributed by atoms with Crippen molar-refractivity contribution in [2.24, 2.45) is 0 Å². The number of likely N-dealkylation sites (tertiary alicyclic amines) is 1. The monoisotopic (exact) mass is 519 g/mol. The summed E-state index contributed by atoms with van der Waals surface area (Å²) in [5.74, 6) is -0.881. The molecule has 1 aliphatic heterocycles. The van der Waals surface area contributed by atoms with Crippen molar-refractivity contribution in [2.75, 3.05) is 51.5 Å². The summed E-state index contributed by atoms with van der Waals surface area (Å²) in [6.45, 7) is 3.18. The number of carbonyl (C=O) groups excluding carboxylic acids is 3. The molecule has 1 saturated heterocycles. The van der Waals surface area contributed by atoms with E-state index in [1.807, 2.05) is 4.90 Å². The van der Waals surface area contributed by atoms with Crippen molar-refractivity contribution in [2.45, 2.75) is 25.5 Å². The van der Waals surface area contributed by atoms with Crippen molar-refractivity contribution in [3.05, 3.63) is 46.5 Å². The number of halogens is 1. The number of rotatable bonds is 9. The molecule has 0 saturated carbocycles. The lowest BCUT2D eigenvalue weighted by atomic mass is 10.0. The molecule has 36 heavy (non-hydrogen) atoms. The maximum absolute atomic E-state index is 12.9. The molecule has 4 N–H and O–H groups in total. The van der Waals surface area contributed by atoms with Crippen molar-refractivity contribution in [1.29, 1.82) is 0 Å². The van der Waals surface area contributed by atoms with Crippen molar-refractivity contribution >= 4 is 40.9 Å². The quantitative estimate of drug-likeness (QED) is 0.423. The van der Waals surface area contributed by atoms with Crippen LogP contribution in [0.3, 0.4) is 0 Å². The van der Waals surface area contributed by atoms with Crippen molar-refractivity contribution < 1.29 is 28.6 Å². The second-order valence-corrected chi connectivity index (χ2v) is 8.54. The Labute approximate surface area is 214 Å². The molecule has 1 aromatic carbocycles. The van der Waals surface area contributed by atoms with Gasteiger partial charge in [0.05, 0.1) is 43.0 Å². The molecular formula is C24H30ClN5O6. The van der Waals surface area contributed by atoms with Gasteiger partial charge in [-0.25, -0.2) is 4.79 Å². The van der Waals surface area contributed by atoms with Crippen LogP contribution in [0.2, 0.25) is 5.02 Å². The minimum absolute atomic E-state index is 0.0707. The van der Waals surface area contributed by atoms with Gasteiger partial charge >= 0.3 is 5.97 Å². The van der Waals surface area contributed by atoms with Gasteiger partial charge in [0.15, 0.2) is 0 Å². The number of benzene rings is 1. The standard InChI is InChI=1S/C24H30ClN5O6/c1-4-36-24(33)14-5-7-15(8-6-14)27-20(31)13-30-10-9-18(19(12-30)34-2)28-22(32)16-11-17(25)21(26)29-23(16)35-3/h5-8,11,18-19H,4,9-10,12-13H2,1-3H3,(H2,26,29)(H,27,31)(H,28,32)/t18-,19+/m0/s1. The van der Waals surface area contributed by atoms with Crippen LogP contribution in [0.15, 0.2) is 30.3 Å². The van der Waals surface area contributed by atoms with Gasteiger partial charge in [0.1, 0.15) is 11.4 Å². The Morgan fingerprint density at radius 3 is 2.58 bits per heavy atom. The van der Waals surface area contributed by atoms with Crippen LogP contribution >= 0.6 is 11.6 Å². The second-order valence-electron chi connectivity index (χ2n) is 8.14. The summed E-state index contributed by atoms with van der Waals surface area (Å²) in [5.41, 5.74) is 6.85.